The summed E-state index contributed by atoms with van der Waals surface area (Å²) in [6.45, 7) is 28.4. The molecule has 6 saturated carbocycles. The maximum absolute atomic E-state index is 12.4. The number of hydrogen-bond acceptors (Lipinski definition) is 38. The zero-order valence-electron chi connectivity index (χ0n) is 80.6. The molecule has 26 N–H and O–H groups in total. The maximum atomic E-state index is 12.4. The number of rotatable bonds is 28. The minimum absolute atomic E-state index is 0.0779. The molecule has 776 valence electrons. The molecule has 38 heteroatoms. The summed E-state index contributed by atoms with van der Waals surface area (Å²) < 4.78 is 71.2. The molecule has 8 aliphatic carbocycles. The van der Waals surface area contributed by atoms with E-state index in [1.165, 1.54) is 11.1 Å². The molecule has 50 atom stereocenters. The van der Waals surface area contributed by atoms with Crippen LogP contribution in [0.2, 0.25) is 0 Å². The Morgan fingerprint density at radius 2 is 0.597 bits per heavy atom. The van der Waals surface area contributed by atoms with Crippen molar-refractivity contribution in [3.8, 4) is 0 Å². The largest absolute Gasteiger partial charge is 0.394 e. The van der Waals surface area contributed by atoms with Crippen molar-refractivity contribution in [2.75, 3.05) is 39.6 Å². The van der Waals surface area contributed by atoms with Gasteiger partial charge in [0.15, 0.2) is 37.7 Å². The third-order valence-corrected chi connectivity index (χ3v) is 37.4. The van der Waals surface area contributed by atoms with Gasteiger partial charge in [-0.1, -0.05) is 106 Å². The molecule has 134 heavy (non-hydrogen) atoms. The van der Waals surface area contributed by atoms with Crippen LogP contribution < -0.4 is 0 Å². The van der Waals surface area contributed by atoms with E-state index >= 15 is 0 Å². The smallest absolute Gasteiger partial charge is 0.187 e. The lowest BCUT2D eigenvalue weighted by molar-refractivity contribution is -0.393. The molecule has 0 bridgehead atoms. The normalized spacial score (nSPS) is 51.0. The fraction of sp³-hybridized carbons (Fsp3) is 0.958. The van der Waals surface area contributed by atoms with Gasteiger partial charge in [0.2, 0.25) is 0 Å². The van der Waals surface area contributed by atoms with Gasteiger partial charge in [0.25, 0.3) is 0 Å². The van der Waals surface area contributed by atoms with Crippen molar-refractivity contribution in [2.45, 2.75) is 446 Å². The van der Waals surface area contributed by atoms with Crippen molar-refractivity contribution in [2.24, 2.45) is 90.7 Å². The zero-order valence-corrected chi connectivity index (χ0v) is 80.6. The molecule has 14 aliphatic rings. The van der Waals surface area contributed by atoms with Gasteiger partial charge in [-0.15, -0.1) is 0 Å². The van der Waals surface area contributed by atoms with Crippen molar-refractivity contribution in [3.05, 3.63) is 23.3 Å². The number of allylic oxidation sites excluding steroid dienone is 2. The van der Waals surface area contributed by atoms with E-state index in [1.807, 2.05) is 0 Å². The summed E-state index contributed by atoms with van der Waals surface area (Å²) in [5, 5.41) is 282. The van der Waals surface area contributed by atoms with Crippen LogP contribution in [0.3, 0.4) is 0 Å². The lowest BCUT2D eigenvalue weighted by Gasteiger charge is -2.67. The van der Waals surface area contributed by atoms with E-state index in [4.69, 9.17) is 56.8 Å². The second kappa shape index (κ2) is 41.1. The summed E-state index contributed by atoms with van der Waals surface area (Å²) in [5.41, 5.74) is -2.54. The van der Waals surface area contributed by atoms with Crippen molar-refractivity contribution < 1.29 is 190 Å². The quantitative estimate of drug-likeness (QED) is 0.0373. The highest BCUT2D eigenvalue weighted by atomic mass is 16.8. The predicted octanol–water partition coefficient (Wildman–Crippen LogP) is -2.11. The molecule has 0 spiro atoms. The standard InChI is InChI=1S/2C48H82O19/c1-21(22-15-16-46(6)28-12-10-23-24(11-13-29(52)44(23,2)3)48(28,8)30(53)17-47(22,46)7)9-14-31(45(4,5)61)65-43-40(35(57)33(55)26(19-50)63-43)67-42-38(60)36(58)39(27(20-51)64-42)66-41-37(59)34(56)32(54)25(18-49)62-41;1-21(22-15-16-46(6)28-12-10-23-24(11-13-29(52)44(23,2)3)48(28,8)30(53)17-47(22,46)7)9-14-31(45(4,5)61)65-43-40(67-42-37(59)35(57)33(55)26(19-50)63-42)38(60)39(27(20-51)64-43)66-41-36(58)34(56)32(54)25(18-49)62-41/h2*10,21-22,24-43,49-61H,9,11-20H2,1-8H3/t21-,22?,24?,25+,26-,27+,28?,29+,30-,31-,32+,33-,34-,35+,36+,37+,38+,39+,40-,41-,42-,43+,46+,47-,48+;21-,22?,24?,25+,26+,27-,28?,29+,30-,31-,32+,33+,34-,35-,36+,37+,38+,39-,40-,41-,42-,43+,46+,47-,48+/m11/s1. The van der Waals surface area contributed by atoms with Crippen LogP contribution in [-0.2, 0) is 56.8 Å². The Kier molecular flexibility index (Phi) is 33.5. The summed E-state index contributed by atoms with van der Waals surface area (Å²) in [7, 11) is 0. The molecule has 6 unspecified atom stereocenters. The minimum Gasteiger partial charge on any atom is -0.394 e. The second-order valence-electron chi connectivity index (χ2n) is 46.1. The maximum Gasteiger partial charge on any atom is 0.187 e. The molecule has 0 aromatic rings. The van der Waals surface area contributed by atoms with Crippen molar-refractivity contribution >= 4 is 0 Å². The van der Waals surface area contributed by atoms with Crippen LogP contribution in [0.5, 0.6) is 0 Å². The lowest BCUT2D eigenvalue weighted by Crippen LogP contribution is -2.67. The van der Waals surface area contributed by atoms with Crippen LogP contribution in [-0.4, -0.2) is 404 Å². The Morgan fingerprint density at radius 3 is 0.925 bits per heavy atom. The highest BCUT2D eigenvalue weighted by Gasteiger charge is 2.73. The number of aliphatic hydroxyl groups is 26. The summed E-state index contributed by atoms with van der Waals surface area (Å²) in [6.07, 6.45) is -39.1. The molecule has 0 amide bonds. The predicted molar refractivity (Wildman–Crippen MR) is 470 cm³/mol. The van der Waals surface area contributed by atoms with Crippen LogP contribution in [0.25, 0.3) is 0 Å². The molecule has 6 aliphatic heterocycles. The van der Waals surface area contributed by atoms with Gasteiger partial charge < -0.3 is 190 Å². The third-order valence-electron chi connectivity index (χ3n) is 37.4. The molecule has 0 aromatic carbocycles. The summed E-state index contributed by atoms with van der Waals surface area (Å²) in [4.78, 5) is 0. The SMILES string of the molecule is C[C@H](CC[C@@H](O[C@@H]1O[C@H](CO)[C@@H](O)[C@H](O)[C@H]1O[C@H]1O[C@@H](CO)[C@H](O[C@H]2O[C@@H](CO)[C@H](O)[C@@H](O)[C@@H]2O)[C@@H](O)[C@@H]1O)C(C)(C)O)C1CC[C@@]2(C)C3CC=C4C(CC[C@H](O)C4(C)C)[C@]3(C)[C@H](O)C[C@]12C.C[C@H](CC[C@@H](O[C@@H]1O[C@H](CO)[C@@H](O[C@H]2O[C@@H](CO)[C@H](O)[C@@H](O)[C@@H]2O)[C@H](O)[C@H]1O[C@H]1O[C@@H](CO)[C@H](O)[C@@H](O)[C@@H]1O)C(C)(C)O)C1CC[C@@]2(C)C3CC=C4C(CC[C@H](O)C4(C)C)[C@]3(C)[C@H](O)C[C@]12C. The number of aliphatic hydroxyl groups excluding tert-OH is 24. The van der Waals surface area contributed by atoms with Gasteiger partial charge in [-0.05, 0) is 199 Å². The molecule has 6 heterocycles. The Morgan fingerprint density at radius 1 is 0.321 bits per heavy atom. The number of fused-ring (bicyclic) bond motifs is 10. The van der Waals surface area contributed by atoms with Gasteiger partial charge in [-0.3, -0.25) is 0 Å². The fourth-order valence-electron chi connectivity index (χ4n) is 28.3. The van der Waals surface area contributed by atoms with Crippen molar-refractivity contribution in [1.82, 2.24) is 0 Å². The van der Waals surface area contributed by atoms with Crippen LogP contribution in [0.4, 0.5) is 0 Å². The second-order valence-corrected chi connectivity index (χ2v) is 46.1. The van der Waals surface area contributed by atoms with Crippen molar-refractivity contribution in [3.63, 3.8) is 0 Å². The lowest BCUT2D eigenvalue weighted by atomic mass is 9.38. The Bertz CT molecular complexity index is 3900. The Balaban J connectivity index is 0.000000227. The first-order valence-corrected chi connectivity index (χ1v) is 49.1. The van der Waals surface area contributed by atoms with E-state index in [0.29, 0.717) is 44.9 Å². The van der Waals surface area contributed by atoms with Crippen LogP contribution in [0.1, 0.15) is 214 Å². The highest BCUT2D eigenvalue weighted by molar-refractivity contribution is 5.34. The number of hydrogen-bond donors (Lipinski definition) is 26. The average Bonchev–Trinajstić information content (AvgIpc) is 1.42. The average molecular weight is 1930 g/mol. The van der Waals surface area contributed by atoms with E-state index < -0.39 is 272 Å². The zero-order chi connectivity index (χ0) is 99.0. The Hall–Kier alpha value is -2.04. The fourth-order valence-corrected chi connectivity index (χ4v) is 28.3. The third kappa shape index (κ3) is 19.1. The van der Waals surface area contributed by atoms with E-state index in [9.17, 15) is 133 Å². The van der Waals surface area contributed by atoms with Gasteiger partial charge >= 0.3 is 0 Å². The first kappa shape index (κ1) is 109. The van der Waals surface area contributed by atoms with Gasteiger partial charge in [0, 0.05) is 21.7 Å². The summed E-state index contributed by atoms with van der Waals surface area (Å²) >= 11 is 0. The number of ether oxygens (including phenoxy) is 12. The van der Waals surface area contributed by atoms with Gasteiger partial charge in [0.05, 0.1) is 87.5 Å². The monoisotopic (exact) mass is 1930 g/mol. The van der Waals surface area contributed by atoms with Gasteiger partial charge in [-0.25, -0.2) is 0 Å². The van der Waals surface area contributed by atoms with Gasteiger partial charge in [-0.2, -0.15) is 0 Å². The first-order chi connectivity index (χ1) is 62.4. The molecular formula is C96H164O38. The van der Waals surface area contributed by atoms with E-state index in [2.05, 4.69) is 95.2 Å². The molecule has 14 rings (SSSR count). The molecule has 12 fully saturated rings. The molecule has 6 saturated heterocycles. The van der Waals surface area contributed by atoms with E-state index in [1.54, 1.807) is 27.7 Å². The van der Waals surface area contributed by atoms with Crippen molar-refractivity contribution in [1.29, 1.82) is 0 Å². The minimum atomic E-state index is -1.99. The highest BCUT2D eigenvalue weighted by Crippen LogP contribution is 2.77. The van der Waals surface area contributed by atoms with Gasteiger partial charge in [0.1, 0.15) is 146 Å². The Labute approximate surface area is 785 Å². The molecule has 0 radical (unpaired) electrons. The first-order valence-electron chi connectivity index (χ1n) is 49.1. The summed E-state index contributed by atoms with van der Waals surface area (Å²) in [5.74, 6) is 1.43. The van der Waals surface area contributed by atoms with E-state index in [-0.39, 0.29) is 97.1 Å². The van der Waals surface area contributed by atoms with E-state index in [0.717, 1.165) is 51.4 Å². The molecule has 0 aromatic heterocycles. The van der Waals surface area contributed by atoms with Crippen LogP contribution in [0.15, 0.2) is 23.3 Å². The molecular weight excluding hydrogens is 1760 g/mol. The van der Waals surface area contributed by atoms with Crippen LogP contribution >= 0.6 is 0 Å². The van der Waals surface area contributed by atoms with Crippen LogP contribution in [0, 0.1) is 90.7 Å². The molecule has 38 nitrogen and oxygen atoms in total. The topological polar surface area (TPSA) is 637 Å². The summed E-state index contributed by atoms with van der Waals surface area (Å²) in [6, 6.07) is 0.